The lowest BCUT2D eigenvalue weighted by molar-refractivity contribution is -0.139. The van der Waals surface area contributed by atoms with Crippen LogP contribution in [-0.2, 0) is 9.53 Å². The topological polar surface area (TPSA) is 46.5 Å². The zero-order valence-electron chi connectivity index (χ0n) is 7.83. The maximum absolute atomic E-state index is 11.2. The number of ether oxygens (including phenoxy) is 1. The van der Waals surface area contributed by atoms with Crippen LogP contribution in [0.1, 0.15) is 20.8 Å². The van der Waals surface area contributed by atoms with E-state index in [1.54, 1.807) is 6.92 Å². The maximum atomic E-state index is 11.2. The summed E-state index contributed by atoms with van der Waals surface area (Å²) in [6, 6.07) is 0. The first kappa shape index (κ1) is 11.2. The molecular formula is C9H16O3. The molecule has 0 aromatic heterocycles. The molecule has 0 fully saturated rings. The molecule has 0 aliphatic heterocycles. The third-order valence-corrected chi connectivity index (χ3v) is 1.44. The Morgan fingerprint density at radius 1 is 1.58 bits per heavy atom. The number of hydrogen-bond acceptors (Lipinski definition) is 3. The van der Waals surface area contributed by atoms with Crippen LogP contribution in [0.4, 0.5) is 0 Å². The monoisotopic (exact) mass is 172 g/mol. The summed E-state index contributed by atoms with van der Waals surface area (Å²) >= 11 is 0. The van der Waals surface area contributed by atoms with Crippen LogP contribution in [0.3, 0.4) is 0 Å². The van der Waals surface area contributed by atoms with Gasteiger partial charge in [-0.05, 0) is 18.9 Å². The van der Waals surface area contributed by atoms with Gasteiger partial charge in [0.15, 0.2) is 0 Å². The van der Waals surface area contributed by atoms with Crippen LogP contribution in [0.2, 0.25) is 0 Å². The summed E-state index contributed by atoms with van der Waals surface area (Å²) in [6.45, 7) is 5.78. The molecule has 0 atom stereocenters. The van der Waals surface area contributed by atoms with E-state index in [0.717, 1.165) is 0 Å². The molecule has 0 spiro atoms. The van der Waals surface area contributed by atoms with E-state index in [1.807, 2.05) is 13.8 Å². The van der Waals surface area contributed by atoms with E-state index < -0.39 is 0 Å². The smallest absolute Gasteiger partial charge is 0.334 e. The van der Waals surface area contributed by atoms with Crippen molar-refractivity contribution in [2.75, 3.05) is 13.2 Å². The molecule has 0 radical (unpaired) electrons. The SMILES string of the molecule is CCOC(=O)/C(=C/CO)C(C)C. The van der Waals surface area contributed by atoms with Gasteiger partial charge < -0.3 is 9.84 Å². The van der Waals surface area contributed by atoms with Gasteiger partial charge in [0.1, 0.15) is 0 Å². The second-order valence-corrected chi connectivity index (χ2v) is 2.72. The van der Waals surface area contributed by atoms with Crippen LogP contribution < -0.4 is 0 Å². The molecule has 0 aromatic carbocycles. The lowest BCUT2D eigenvalue weighted by Gasteiger charge is -2.09. The fourth-order valence-electron chi connectivity index (χ4n) is 0.868. The van der Waals surface area contributed by atoms with Crippen molar-refractivity contribution >= 4 is 5.97 Å². The predicted octanol–water partition coefficient (Wildman–Crippen LogP) is 1.12. The average Bonchev–Trinajstić information content (AvgIpc) is 1.99. The van der Waals surface area contributed by atoms with Crippen LogP contribution in [0.15, 0.2) is 11.6 Å². The molecule has 1 N–H and O–H groups in total. The molecular weight excluding hydrogens is 156 g/mol. The Hall–Kier alpha value is -0.830. The molecule has 0 unspecified atom stereocenters. The molecule has 0 heterocycles. The quantitative estimate of drug-likeness (QED) is 0.510. The number of esters is 1. The zero-order chi connectivity index (χ0) is 9.56. The van der Waals surface area contributed by atoms with Crippen LogP contribution in [0.5, 0.6) is 0 Å². The molecule has 0 bridgehead atoms. The molecule has 0 aromatic rings. The highest BCUT2D eigenvalue weighted by Crippen LogP contribution is 2.10. The lowest BCUT2D eigenvalue weighted by atomic mass is 10.0. The molecule has 0 saturated carbocycles. The first-order chi connectivity index (χ1) is 5.63. The summed E-state index contributed by atoms with van der Waals surface area (Å²) in [6.07, 6.45) is 1.49. The molecule has 0 saturated heterocycles. The number of carbonyl (C=O) groups excluding carboxylic acids is 1. The van der Waals surface area contributed by atoms with E-state index >= 15 is 0 Å². The van der Waals surface area contributed by atoms with Gasteiger partial charge in [0.25, 0.3) is 0 Å². The summed E-state index contributed by atoms with van der Waals surface area (Å²) in [5, 5.41) is 8.62. The van der Waals surface area contributed by atoms with Crippen molar-refractivity contribution in [2.45, 2.75) is 20.8 Å². The van der Waals surface area contributed by atoms with Gasteiger partial charge in [-0.25, -0.2) is 4.79 Å². The minimum Gasteiger partial charge on any atom is -0.463 e. The molecule has 70 valence electrons. The summed E-state index contributed by atoms with van der Waals surface area (Å²) in [4.78, 5) is 11.2. The molecule has 0 aliphatic carbocycles. The van der Waals surface area contributed by atoms with Crippen molar-refractivity contribution in [3.63, 3.8) is 0 Å². The van der Waals surface area contributed by atoms with E-state index in [4.69, 9.17) is 9.84 Å². The van der Waals surface area contributed by atoms with E-state index in [2.05, 4.69) is 0 Å². The van der Waals surface area contributed by atoms with E-state index in [1.165, 1.54) is 6.08 Å². The van der Waals surface area contributed by atoms with Gasteiger partial charge in [-0.15, -0.1) is 0 Å². The van der Waals surface area contributed by atoms with E-state index in [-0.39, 0.29) is 18.5 Å². The van der Waals surface area contributed by atoms with Crippen LogP contribution in [0, 0.1) is 5.92 Å². The molecule has 3 heteroatoms. The van der Waals surface area contributed by atoms with E-state index in [9.17, 15) is 4.79 Å². The van der Waals surface area contributed by atoms with Crippen LogP contribution in [0.25, 0.3) is 0 Å². The molecule has 0 amide bonds. The highest BCUT2D eigenvalue weighted by molar-refractivity contribution is 5.88. The van der Waals surface area contributed by atoms with Crippen molar-refractivity contribution in [3.8, 4) is 0 Å². The Kier molecular flexibility index (Phi) is 5.37. The number of rotatable bonds is 4. The van der Waals surface area contributed by atoms with Crippen molar-refractivity contribution in [1.29, 1.82) is 0 Å². The van der Waals surface area contributed by atoms with Gasteiger partial charge in [0.2, 0.25) is 0 Å². The van der Waals surface area contributed by atoms with Crippen molar-refractivity contribution < 1.29 is 14.6 Å². The Bertz CT molecular complexity index is 171. The first-order valence-corrected chi connectivity index (χ1v) is 4.11. The van der Waals surface area contributed by atoms with Crippen LogP contribution in [-0.4, -0.2) is 24.3 Å². The number of aliphatic hydroxyl groups excluding tert-OH is 1. The lowest BCUT2D eigenvalue weighted by Crippen LogP contribution is -2.12. The number of carbonyl (C=O) groups is 1. The minimum absolute atomic E-state index is 0.0937. The first-order valence-electron chi connectivity index (χ1n) is 4.11. The fourth-order valence-corrected chi connectivity index (χ4v) is 0.868. The van der Waals surface area contributed by atoms with Gasteiger partial charge in [-0.3, -0.25) is 0 Å². The number of hydrogen-bond donors (Lipinski definition) is 1. The molecule has 0 aliphatic rings. The largest absolute Gasteiger partial charge is 0.463 e. The van der Waals surface area contributed by atoms with Gasteiger partial charge in [0.05, 0.1) is 13.2 Å². The number of aliphatic hydroxyl groups is 1. The maximum Gasteiger partial charge on any atom is 0.334 e. The second-order valence-electron chi connectivity index (χ2n) is 2.72. The van der Waals surface area contributed by atoms with Crippen LogP contribution >= 0.6 is 0 Å². The van der Waals surface area contributed by atoms with Gasteiger partial charge in [-0.1, -0.05) is 13.8 Å². The van der Waals surface area contributed by atoms with Crippen molar-refractivity contribution in [3.05, 3.63) is 11.6 Å². The summed E-state index contributed by atoms with van der Waals surface area (Å²) < 4.78 is 4.80. The van der Waals surface area contributed by atoms with Crippen molar-refractivity contribution in [2.24, 2.45) is 5.92 Å². The third kappa shape index (κ3) is 3.53. The Balaban J connectivity index is 4.30. The molecule has 12 heavy (non-hydrogen) atoms. The van der Waals surface area contributed by atoms with E-state index in [0.29, 0.717) is 12.2 Å². The standard InChI is InChI=1S/C9H16O3/c1-4-12-9(11)8(5-6-10)7(2)3/h5,7,10H,4,6H2,1-3H3/b8-5+. The normalized spacial score (nSPS) is 11.9. The summed E-state index contributed by atoms with van der Waals surface area (Å²) in [5.74, 6) is -0.238. The molecule has 0 rings (SSSR count). The fraction of sp³-hybridized carbons (Fsp3) is 0.667. The summed E-state index contributed by atoms with van der Waals surface area (Å²) in [5.41, 5.74) is 0.541. The highest BCUT2D eigenvalue weighted by atomic mass is 16.5. The highest BCUT2D eigenvalue weighted by Gasteiger charge is 2.13. The van der Waals surface area contributed by atoms with Gasteiger partial charge in [0, 0.05) is 5.57 Å². The Labute approximate surface area is 73.0 Å². The predicted molar refractivity (Wildman–Crippen MR) is 46.6 cm³/mol. The third-order valence-electron chi connectivity index (χ3n) is 1.44. The summed E-state index contributed by atoms with van der Waals surface area (Å²) in [7, 11) is 0. The Morgan fingerprint density at radius 2 is 2.17 bits per heavy atom. The van der Waals surface area contributed by atoms with Crippen molar-refractivity contribution in [1.82, 2.24) is 0 Å². The second kappa shape index (κ2) is 5.77. The average molecular weight is 172 g/mol. The van der Waals surface area contributed by atoms with Gasteiger partial charge >= 0.3 is 5.97 Å². The zero-order valence-corrected chi connectivity index (χ0v) is 7.83. The van der Waals surface area contributed by atoms with Gasteiger partial charge in [-0.2, -0.15) is 0 Å². The molecule has 3 nitrogen and oxygen atoms in total. The minimum atomic E-state index is -0.332. The Morgan fingerprint density at radius 3 is 2.50 bits per heavy atom.